The van der Waals surface area contributed by atoms with Crippen LogP contribution in [0.1, 0.15) is 12.6 Å². The molecule has 2 aromatic heterocycles. The second-order valence-corrected chi connectivity index (χ2v) is 7.55. The molecule has 0 atom stereocenters. The van der Waals surface area contributed by atoms with Crippen molar-refractivity contribution in [2.45, 2.75) is 18.7 Å². The number of benzene rings is 1. The van der Waals surface area contributed by atoms with E-state index in [2.05, 4.69) is 15.3 Å². The SMILES string of the molecule is CC(=O)Nc1cc(-c2cnc(C)c(OS(=O)(=O)c3ccc(F)cc3F)c2)ccn1. The molecule has 0 radical (unpaired) electrons. The lowest BCUT2D eigenvalue weighted by Crippen LogP contribution is -2.13. The van der Waals surface area contributed by atoms with Crippen molar-refractivity contribution in [3.8, 4) is 16.9 Å². The van der Waals surface area contributed by atoms with E-state index in [4.69, 9.17) is 4.18 Å². The first-order valence-electron chi connectivity index (χ1n) is 8.26. The number of carbonyl (C=O) groups excluding carboxylic acids is 1. The summed E-state index contributed by atoms with van der Waals surface area (Å²) in [6.45, 7) is 2.86. The van der Waals surface area contributed by atoms with E-state index in [1.54, 1.807) is 12.1 Å². The van der Waals surface area contributed by atoms with Crippen LogP contribution in [0.4, 0.5) is 14.6 Å². The van der Waals surface area contributed by atoms with Crippen molar-refractivity contribution in [1.82, 2.24) is 9.97 Å². The maximum absolute atomic E-state index is 13.9. The van der Waals surface area contributed by atoms with Gasteiger partial charge in [0, 0.05) is 30.9 Å². The Kier molecular flexibility index (Phi) is 5.55. The molecule has 0 saturated carbocycles. The second-order valence-electron chi connectivity index (χ2n) is 6.03. The fourth-order valence-corrected chi connectivity index (χ4v) is 3.48. The Bertz CT molecular complexity index is 1200. The number of anilines is 1. The van der Waals surface area contributed by atoms with Gasteiger partial charge in [-0.05, 0) is 42.8 Å². The molecule has 7 nitrogen and oxygen atoms in total. The Morgan fingerprint density at radius 3 is 2.52 bits per heavy atom. The number of rotatable bonds is 5. The lowest BCUT2D eigenvalue weighted by atomic mass is 10.1. The van der Waals surface area contributed by atoms with Crippen LogP contribution in [-0.4, -0.2) is 24.3 Å². The van der Waals surface area contributed by atoms with E-state index in [9.17, 15) is 22.0 Å². The number of aryl methyl sites for hydroxylation is 1. The average molecular weight is 419 g/mol. The van der Waals surface area contributed by atoms with Crippen molar-refractivity contribution in [3.05, 3.63) is 66.1 Å². The number of hydrogen-bond donors (Lipinski definition) is 1. The van der Waals surface area contributed by atoms with Crippen LogP contribution in [-0.2, 0) is 14.9 Å². The van der Waals surface area contributed by atoms with Crippen molar-refractivity contribution in [1.29, 1.82) is 0 Å². The van der Waals surface area contributed by atoms with Crippen molar-refractivity contribution in [3.63, 3.8) is 0 Å². The summed E-state index contributed by atoms with van der Waals surface area (Å²) < 4.78 is 56.9. The highest BCUT2D eigenvalue weighted by Crippen LogP contribution is 2.29. The molecule has 0 aliphatic rings. The normalized spacial score (nSPS) is 11.2. The molecule has 29 heavy (non-hydrogen) atoms. The predicted molar refractivity (Wildman–Crippen MR) is 101 cm³/mol. The van der Waals surface area contributed by atoms with Gasteiger partial charge in [0.2, 0.25) is 5.91 Å². The van der Waals surface area contributed by atoms with E-state index in [0.29, 0.717) is 23.0 Å². The van der Waals surface area contributed by atoms with Crippen molar-refractivity contribution < 1.29 is 26.2 Å². The highest BCUT2D eigenvalue weighted by atomic mass is 32.2. The molecule has 3 rings (SSSR count). The van der Waals surface area contributed by atoms with Gasteiger partial charge in [0.1, 0.15) is 22.3 Å². The standard InChI is InChI=1S/C19H15F2N3O4S/c1-11-17(28-29(26,27)18-4-3-15(20)9-16(18)21)7-14(10-23-11)13-5-6-22-19(8-13)24-12(2)25/h3-10H,1-2H3,(H,22,24,25). The molecule has 10 heteroatoms. The molecule has 3 aromatic rings. The molecule has 2 heterocycles. The largest absolute Gasteiger partial charge is 0.377 e. The van der Waals surface area contributed by atoms with Gasteiger partial charge in [-0.1, -0.05) is 0 Å². The van der Waals surface area contributed by atoms with Crippen LogP contribution < -0.4 is 9.50 Å². The highest BCUT2D eigenvalue weighted by molar-refractivity contribution is 7.87. The molecule has 1 N–H and O–H groups in total. The summed E-state index contributed by atoms with van der Waals surface area (Å²) in [6.07, 6.45) is 2.95. The van der Waals surface area contributed by atoms with Gasteiger partial charge < -0.3 is 9.50 Å². The van der Waals surface area contributed by atoms with Gasteiger partial charge in [-0.3, -0.25) is 9.78 Å². The number of aromatic nitrogens is 2. The Morgan fingerprint density at radius 2 is 1.83 bits per heavy atom. The van der Waals surface area contributed by atoms with Gasteiger partial charge in [0.25, 0.3) is 0 Å². The van der Waals surface area contributed by atoms with Crippen molar-refractivity contribution in [2.24, 2.45) is 0 Å². The topological polar surface area (TPSA) is 98.2 Å². The van der Waals surface area contributed by atoms with E-state index in [0.717, 1.165) is 12.1 Å². The van der Waals surface area contributed by atoms with Crippen LogP contribution in [0.5, 0.6) is 5.75 Å². The third-order valence-electron chi connectivity index (χ3n) is 3.80. The molecular weight excluding hydrogens is 404 g/mol. The number of nitrogens with one attached hydrogen (secondary N) is 1. The van der Waals surface area contributed by atoms with Crippen molar-refractivity contribution in [2.75, 3.05) is 5.32 Å². The molecule has 0 aliphatic heterocycles. The van der Waals surface area contributed by atoms with Crippen LogP contribution in [0.25, 0.3) is 11.1 Å². The number of hydrogen-bond acceptors (Lipinski definition) is 6. The second kappa shape index (κ2) is 7.92. The summed E-state index contributed by atoms with van der Waals surface area (Å²) in [5, 5.41) is 2.54. The molecular formula is C19H15F2N3O4S. The van der Waals surface area contributed by atoms with Crippen molar-refractivity contribution >= 4 is 21.8 Å². The lowest BCUT2D eigenvalue weighted by Gasteiger charge is -2.12. The Labute approximate surface area is 165 Å². The fraction of sp³-hybridized carbons (Fsp3) is 0.105. The number of pyridine rings is 2. The first-order chi connectivity index (χ1) is 13.7. The van der Waals surface area contributed by atoms with Crippen LogP contribution >= 0.6 is 0 Å². The summed E-state index contributed by atoms with van der Waals surface area (Å²) in [5.41, 5.74) is 1.32. The van der Waals surface area contributed by atoms with Crippen LogP contribution in [0.3, 0.4) is 0 Å². The summed E-state index contributed by atoms with van der Waals surface area (Å²) in [4.78, 5) is 18.5. The zero-order valence-corrected chi connectivity index (χ0v) is 16.1. The Balaban J connectivity index is 1.97. The van der Waals surface area contributed by atoms with E-state index in [1.165, 1.54) is 32.3 Å². The first-order valence-corrected chi connectivity index (χ1v) is 9.67. The molecule has 0 aliphatic carbocycles. The number of amides is 1. The maximum Gasteiger partial charge on any atom is 0.342 e. The molecule has 150 valence electrons. The fourth-order valence-electron chi connectivity index (χ4n) is 2.46. The van der Waals surface area contributed by atoms with Crippen LogP contribution in [0.15, 0.2) is 53.7 Å². The quantitative estimate of drug-likeness (QED) is 0.636. The van der Waals surface area contributed by atoms with Gasteiger partial charge in [-0.15, -0.1) is 0 Å². The van der Waals surface area contributed by atoms with E-state index < -0.39 is 26.6 Å². The molecule has 0 unspecified atom stereocenters. The molecule has 0 bridgehead atoms. The lowest BCUT2D eigenvalue weighted by molar-refractivity contribution is -0.114. The van der Waals surface area contributed by atoms with Crippen LogP contribution in [0.2, 0.25) is 0 Å². The number of halogens is 2. The Morgan fingerprint density at radius 1 is 1.07 bits per heavy atom. The zero-order valence-electron chi connectivity index (χ0n) is 15.3. The molecule has 0 saturated heterocycles. The molecule has 0 fully saturated rings. The molecule has 1 amide bonds. The minimum Gasteiger partial charge on any atom is -0.377 e. The summed E-state index contributed by atoms with van der Waals surface area (Å²) in [5.74, 6) is -2.29. The monoisotopic (exact) mass is 419 g/mol. The number of carbonyl (C=O) groups is 1. The molecule has 0 spiro atoms. The summed E-state index contributed by atoms with van der Waals surface area (Å²) >= 11 is 0. The van der Waals surface area contributed by atoms with Gasteiger partial charge in [0.15, 0.2) is 5.75 Å². The van der Waals surface area contributed by atoms with Gasteiger partial charge in [0.05, 0.1) is 5.69 Å². The highest BCUT2D eigenvalue weighted by Gasteiger charge is 2.23. The summed E-state index contributed by atoms with van der Waals surface area (Å²) in [6, 6.07) is 6.68. The van der Waals surface area contributed by atoms with Gasteiger partial charge >= 0.3 is 10.1 Å². The maximum atomic E-state index is 13.9. The van der Waals surface area contributed by atoms with E-state index in [-0.39, 0.29) is 17.4 Å². The third-order valence-corrected chi connectivity index (χ3v) is 5.07. The Hall–Kier alpha value is -3.40. The zero-order chi connectivity index (χ0) is 21.2. The molecule has 1 aromatic carbocycles. The van der Waals surface area contributed by atoms with Gasteiger partial charge in [-0.2, -0.15) is 8.42 Å². The minimum absolute atomic E-state index is 0.121. The van der Waals surface area contributed by atoms with E-state index >= 15 is 0 Å². The predicted octanol–water partition coefficient (Wildman–Crippen LogP) is 3.46. The number of nitrogens with zero attached hydrogens (tertiary/aromatic N) is 2. The summed E-state index contributed by atoms with van der Waals surface area (Å²) in [7, 11) is -4.56. The van der Waals surface area contributed by atoms with E-state index in [1.807, 2.05) is 0 Å². The average Bonchev–Trinajstić information content (AvgIpc) is 2.62. The van der Waals surface area contributed by atoms with Gasteiger partial charge in [-0.25, -0.2) is 13.8 Å². The minimum atomic E-state index is -4.56. The smallest absolute Gasteiger partial charge is 0.342 e. The third kappa shape index (κ3) is 4.72. The van der Waals surface area contributed by atoms with Crippen LogP contribution in [0, 0.1) is 18.6 Å². The first kappa shape index (κ1) is 20.3.